The summed E-state index contributed by atoms with van der Waals surface area (Å²) in [6, 6.07) is 10.7. The molecular weight excluding hydrogens is 250 g/mol. The van der Waals surface area contributed by atoms with Gasteiger partial charge in [0.2, 0.25) is 0 Å². The van der Waals surface area contributed by atoms with Crippen molar-refractivity contribution in [3.8, 4) is 0 Å². The van der Waals surface area contributed by atoms with Crippen molar-refractivity contribution in [2.75, 3.05) is 11.9 Å². The lowest BCUT2D eigenvalue weighted by molar-refractivity contribution is 0.931. The van der Waals surface area contributed by atoms with Crippen LogP contribution in [0.4, 0.5) is 5.69 Å². The summed E-state index contributed by atoms with van der Waals surface area (Å²) in [5, 5.41) is 2.11. The lowest BCUT2D eigenvalue weighted by Crippen LogP contribution is -2.17. The van der Waals surface area contributed by atoms with Gasteiger partial charge >= 0.3 is 0 Å². The Kier molecular flexibility index (Phi) is 4.08. The van der Waals surface area contributed by atoms with Crippen LogP contribution in [0.15, 0.2) is 35.7 Å². The van der Waals surface area contributed by atoms with Crippen molar-refractivity contribution in [3.05, 3.63) is 51.7 Å². The van der Waals surface area contributed by atoms with Gasteiger partial charge in [-0.15, -0.1) is 22.9 Å². The van der Waals surface area contributed by atoms with Crippen molar-refractivity contribution in [2.45, 2.75) is 19.3 Å². The Hall–Kier alpha value is -0.990. The van der Waals surface area contributed by atoms with Gasteiger partial charge in [-0.2, -0.15) is 0 Å². The lowest BCUT2D eigenvalue weighted by atomic mass is 10.1. The Bertz CT molecular complexity index is 479. The van der Waals surface area contributed by atoms with Crippen molar-refractivity contribution in [2.24, 2.45) is 0 Å². The zero-order chi connectivity index (χ0) is 12.3. The highest BCUT2D eigenvalue weighted by atomic mass is 35.5. The highest BCUT2D eigenvalue weighted by Gasteiger charge is 2.08. The second kappa shape index (κ2) is 5.56. The van der Waals surface area contributed by atoms with E-state index in [1.54, 1.807) is 11.3 Å². The fourth-order valence-corrected chi connectivity index (χ4v) is 2.89. The van der Waals surface area contributed by atoms with Crippen LogP contribution < -0.4 is 4.90 Å². The minimum absolute atomic E-state index is 0.561. The van der Waals surface area contributed by atoms with Gasteiger partial charge in [-0.25, -0.2) is 0 Å². The Labute approximate surface area is 112 Å². The molecule has 0 atom stereocenters. The maximum Gasteiger partial charge on any atom is 0.0519 e. The second-order valence-electron chi connectivity index (χ2n) is 4.20. The van der Waals surface area contributed by atoms with Gasteiger partial charge in [-0.1, -0.05) is 23.8 Å². The Morgan fingerprint density at radius 2 is 2.12 bits per heavy atom. The molecule has 2 aromatic rings. The van der Waals surface area contributed by atoms with Gasteiger partial charge in [0.05, 0.1) is 6.54 Å². The van der Waals surface area contributed by atoms with Crippen LogP contribution in [0.1, 0.15) is 16.0 Å². The fraction of sp³-hybridized carbons (Fsp3) is 0.286. The molecule has 0 unspecified atom stereocenters. The summed E-state index contributed by atoms with van der Waals surface area (Å²) >= 11 is 7.79. The van der Waals surface area contributed by atoms with E-state index in [2.05, 4.69) is 54.6 Å². The second-order valence-corrected chi connectivity index (χ2v) is 5.50. The number of hydrogen-bond donors (Lipinski definition) is 0. The zero-order valence-corrected chi connectivity index (χ0v) is 11.7. The van der Waals surface area contributed by atoms with Crippen molar-refractivity contribution < 1.29 is 0 Å². The van der Waals surface area contributed by atoms with E-state index in [4.69, 9.17) is 11.6 Å². The van der Waals surface area contributed by atoms with E-state index in [1.807, 2.05) is 0 Å². The van der Waals surface area contributed by atoms with Gasteiger partial charge in [0.1, 0.15) is 0 Å². The first-order valence-electron chi connectivity index (χ1n) is 5.59. The highest BCUT2D eigenvalue weighted by molar-refractivity contribution is 7.09. The topological polar surface area (TPSA) is 3.24 Å². The summed E-state index contributed by atoms with van der Waals surface area (Å²) in [6.07, 6.45) is 0. The molecule has 0 aliphatic rings. The number of aryl methyl sites for hydroxylation is 1. The molecule has 0 amide bonds. The van der Waals surface area contributed by atoms with Crippen molar-refractivity contribution in [1.29, 1.82) is 0 Å². The molecule has 0 saturated carbocycles. The molecule has 0 aliphatic carbocycles. The van der Waals surface area contributed by atoms with Gasteiger partial charge in [0, 0.05) is 23.5 Å². The largest absolute Gasteiger partial charge is 0.369 e. The van der Waals surface area contributed by atoms with E-state index in [0.717, 1.165) is 6.54 Å². The molecule has 0 saturated heterocycles. The lowest BCUT2D eigenvalue weighted by Gasteiger charge is -2.21. The number of rotatable bonds is 4. The molecule has 1 aromatic heterocycles. The van der Waals surface area contributed by atoms with Gasteiger partial charge in [-0.05, 0) is 30.0 Å². The van der Waals surface area contributed by atoms with Crippen LogP contribution in [0.3, 0.4) is 0 Å². The summed E-state index contributed by atoms with van der Waals surface area (Å²) in [6.45, 7) is 3.03. The summed E-state index contributed by atoms with van der Waals surface area (Å²) in [4.78, 5) is 3.62. The Balaban J connectivity index is 2.21. The molecule has 0 spiro atoms. The molecule has 1 heterocycles. The zero-order valence-electron chi connectivity index (χ0n) is 10.1. The normalized spacial score (nSPS) is 10.5. The molecular formula is C14H16ClNS. The molecule has 0 N–H and O–H groups in total. The van der Waals surface area contributed by atoms with Gasteiger partial charge in [0.25, 0.3) is 0 Å². The number of thiophene rings is 1. The van der Waals surface area contributed by atoms with E-state index >= 15 is 0 Å². The predicted molar refractivity (Wildman–Crippen MR) is 77.2 cm³/mol. The maximum atomic E-state index is 6.01. The number of anilines is 1. The third-order valence-corrected chi connectivity index (χ3v) is 3.91. The highest BCUT2D eigenvalue weighted by Crippen LogP contribution is 2.25. The van der Waals surface area contributed by atoms with Gasteiger partial charge in [-0.3, -0.25) is 0 Å². The average Bonchev–Trinajstić information content (AvgIpc) is 2.81. The number of halogens is 1. The van der Waals surface area contributed by atoms with Crippen LogP contribution in [0.25, 0.3) is 0 Å². The molecule has 17 heavy (non-hydrogen) atoms. The Morgan fingerprint density at radius 1 is 1.29 bits per heavy atom. The summed E-state index contributed by atoms with van der Waals surface area (Å²) in [7, 11) is 2.11. The van der Waals surface area contributed by atoms with Gasteiger partial charge < -0.3 is 4.90 Å². The molecule has 1 nitrogen and oxygen atoms in total. The average molecular weight is 266 g/mol. The summed E-state index contributed by atoms with van der Waals surface area (Å²) in [5.41, 5.74) is 3.68. The predicted octanol–water partition coefficient (Wildman–Crippen LogP) is 4.43. The number of nitrogens with zero attached hydrogens (tertiary/aromatic N) is 1. The van der Waals surface area contributed by atoms with Crippen LogP contribution in [0.2, 0.25) is 0 Å². The Morgan fingerprint density at radius 3 is 2.76 bits per heavy atom. The van der Waals surface area contributed by atoms with Crippen LogP contribution in [0.5, 0.6) is 0 Å². The van der Waals surface area contributed by atoms with Crippen molar-refractivity contribution in [3.63, 3.8) is 0 Å². The number of benzene rings is 1. The van der Waals surface area contributed by atoms with Crippen LogP contribution in [-0.2, 0) is 12.4 Å². The third kappa shape index (κ3) is 3.02. The number of alkyl halides is 1. The minimum atomic E-state index is 0.561. The monoisotopic (exact) mass is 265 g/mol. The summed E-state index contributed by atoms with van der Waals surface area (Å²) in [5.74, 6) is 0.561. The molecule has 0 radical (unpaired) electrons. The molecule has 1 aromatic carbocycles. The van der Waals surface area contributed by atoms with Crippen LogP contribution in [-0.4, -0.2) is 7.05 Å². The molecule has 3 heteroatoms. The SMILES string of the molecule is Cc1ccc(N(C)Cc2cccs2)c(CCl)c1. The van der Waals surface area contributed by atoms with Gasteiger partial charge in [0.15, 0.2) is 0 Å². The molecule has 2 rings (SSSR count). The minimum Gasteiger partial charge on any atom is -0.369 e. The quantitative estimate of drug-likeness (QED) is 0.739. The molecule has 0 bridgehead atoms. The smallest absolute Gasteiger partial charge is 0.0519 e. The third-order valence-electron chi connectivity index (χ3n) is 2.76. The maximum absolute atomic E-state index is 6.01. The van der Waals surface area contributed by atoms with Crippen molar-refractivity contribution in [1.82, 2.24) is 0 Å². The van der Waals surface area contributed by atoms with E-state index < -0.39 is 0 Å². The standard InChI is InChI=1S/C14H16ClNS/c1-11-5-6-14(12(8-11)9-15)16(2)10-13-4-3-7-17-13/h3-8H,9-10H2,1-2H3. The number of hydrogen-bond acceptors (Lipinski definition) is 2. The van der Waals surface area contributed by atoms with Crippen LogP contribution in [0, 0.1) is 6.92 Å². The van der Waals surface area contributed by atoms with E-state index in [9.17, 15) is 0 Å². The first kappa shape index (κ1) is 12.5. The molecule has 0 aliphatic heterocycles. The first-order valence-corrected chi connectivity index (χ1v) is 7.01. The van der Waals surface area contributed by atoms with E-state index in [0.29, 0.717) is 5.88 Å². The summed E-state index contributed by atoms with van der Waals surface area (Å²) < 4.78 is 0. The van der Waals surface area contributed by atoms with Crippen LogP contribution >= 0.6 is 22.9 Å². The van der Waals surface area contributed by atoms with E-state index in [1.165, 1.54) is 21.7 Å². The molecule has 0 fully saturated rings. The first-order chi connectivity index (χ1) is 8.20. The fourth-order valence-electron chi connectivity index (χ4n) is 1.92. The molecule has 90 valence electrons. The van der Waals surface area contributed by atoms with Crippen molar-refractivity contribution >= 4 is 28.6 Å². The van der Waals surface area contributed by atoms with E-state index in [-0.39, 0.29) is 0 Å².